The van der Waals surface area contributed by atoms with Gasteiger partial charge in [-0.3, -0.25) is 9.58 Å². The number of morpholine rings is 1. The first-order valence-corrected chi connectivity index (χ1v) is 9.09. The Morgan fingerprint density at radius 1 is 1.23 bits per heavy atom. The summed E-state index contributed by atoms with van der Waals surface area (Å²) in [7, 11) is 0. The Morgan fingerprint density at radius 3 is 2.50 bits per heavy atom. The van der Waals surface area contributed by atoms with E-state index in [4.69, 9.17) is 9.84 Å². The fourth-order valence-corrected chi connectivity index (χ4v) is 4.79. The standard InChI is InChI=1S/C18H29N3O/c1-4-13-9-17(21(19-13)12(2)3)18-15-10-14(11-16(15)18)20-5-7-22-8-6-20/h9,12,14-16,18H,4-8,10-11H2,1-3H3. The monoisotopic (exact) mass is 303 g/mol. The van der Waals surface area contributed by atoms with E-state index in [0.29, 0.717) is 6.04 Å². The van der Waals surface area contributed by atoms with E-state index >= 15 is 0 Å². The van der Waals surface area contributed by atoms with E-state index in [-0.39, 0.29) is 0 Å². The highest BCUT2D eigenvalue weighted by Gasteiger charge is 2.58. The molecule has 3 aliphatic rings. The largest absolute Gasteiger partial charge is 0.379 e. The fraction of sp³-hybridized carbons (Fsp3) is 0.833. The number of ether oxygens (including phenoxy) is 1. The van der Waals surface area contributed by atoms with Gasteiger partial charge in [0.1, 0.15) is 0 Å². The summed E-state index contributed by atoms with van der Waals surface area (Å²) in [5.41, 5.74) is 2.78. The van der Waals surface area contributed by atoms with Crippen LogP contribution in [0.5, 0.6) is 0 Å². The predicted octanol–water partition coefficient (Wildman–Crippen LogP) is 2.85. The molecule has 1 saturated heterocycles. The molecule has 22 heavy (non-hydrogen) atoms. The van der Waals surface area contributed by atoms with Gasteiger partial charge >= 0.3 is 0 Å². The Hall–Kier alpha value is -0.870. The highest BCUT2D eigenvalue weighted by molar-refractivity contribution is 5.28. The van der Waals surface area contributed by atoms with Crippen molar-refractivity contribution in [3.05, 3.63) is 17.5 Å². The van der Waals surface area contributed by atoms with Crippen LogP contribution < -0.4 is 0 Å². The second-order valence-corrected chi connectivity index (χ2v) is 7.58. The predicted molar refractivity (Wildman–Crippen MR) is 87.1 cm³/mol. The third-order valence-corrected chi connectivity index (χ3v) is 5.99. The van der Waals surface area contributed by atoms with Gasteiger partial charge in [0.25, 0.3) is 0 Å². The molecule has 0 bridgehead atoms. The minimum atomic E-state index is 0.478. The van der Waals surface area contributed by atoms with Gasteiger partial charge < -0.3 is 4.74 Å². The molecule has 4 nitrogen and oxygen atoms in total. The molecule has 0 radical (unpaired) electrons. The molecule has 0 N–H and O–H groups in total. The lowest BCUT2D eigenvalue weighted by atomic mass is 10.0. The second-order valence-electron chi connectivity index (χ2n) is 7.58. The number of hydrogen-bond donors (Lipinski definition) is 0. The van der Waals surface area contributed by atoms with Crippen LogP contribution in [0.25, 0.3) is 0 Å². The van der Waals surface area contributed by atoms with Gasteiger partial charge in [-0.1, -0.05) is 6.92 Å². The van der Waals surface area contributed by atoms with Crippen molar-refractivity contribution in [2.45, 2.75) is 58.0 Å². The third-order valence-electron chi connectivity index (χ3n) is 5.99. The minimum Gasteiger partial charge on any atom is -0.379 e. The molecular weight excluding hydrogens is 274 g/mol. The topological polar surface area (TPSA) is 30.3 Å². The van der Waals surface area contributed by atoms with Crippen molar-refractivity contribution in [3.8, 4) is 0 Å². The van der Waals surface area contributed by atoms with Gasteiger partial charge in [-0.15, -0.1) is 0 Å². The summed E-state index contributed by atoms with van der Waals surface area (Å²) in [6.07, 6.45) is 3.82. The normalized spacial score (nSPS) is 35.1. The van der Waals surface area contributed by atoms with Gasteiger partial charge in [0.15, 0.2) is 0 Å². The van der Waals surface area contributed by atoms with Crippen LogP contribution in [0.1, 0.15) is 57.0 Å². The lowest BCUT2D eigenvalue weighted by molar-refractivity contribution is 0.0151. The first-order chi connectivity index (χ1) is 10.7. The van der Waals surface area contributed by atoms with Crippen molar-refractivity contribution >= 4 is 0 Å². The Morgan fingerprint density at radius 2 is 1.91 bits per heavy atom. The van der Waals surface area contributed by atoms with Gasteiger partial charge in [-0.2, -0.15) is 5.10 Å². The van der Waals surface area contributed by atoms with Crippen molar-refractivity contribution in [3.63, 3.8) is 0 Å². The summed E-state index contributed by atoms with van der Waals surface area (Å²) < 4.78 is 7.79. The molecule has 4 heteroatoms. The molecule has 1 aromatic heterocycles. The Bertz CT molecular complexity index is 520. The average molecular weight is 303 g/mol. The van der Waals surface area contributed by atoms with E-state index in [9.17, 15) is 0 Å². The summed E-state index contributed by atoms with van der Waals surface area (Å²) >= 11 is 0. The van der Waals surface area contributed by atoms with E-state index in [0.717, 1.165) is 56.5 Å². The maximum atomic E-state index is 5.49. The van der Waals surface area contributed by atoms with Crippen LogP contribution in [-0.4, -0.2) is 47.0 Å². The van der Waals surface area contributed by atoms with Crippen molar-refractivity contribution in [1.82, 2.24) is 14.7 Å². The highest BCUT2D eigenvalue weighted by Crippen LogP contribution is 2.64. The van der Waals surface area contributed by atoms with E-state index in [1.807, 2.05) is 0 Å². The van der Waals surface area contributed by atoms with Crippen molar-refractivity contribution in [1.29, 1.82) is 0 Å². The molecule has 3 fully saturated rings. The van der Waals surface area contributed by atoms with Crippen LogP contribution in [0.2, 0.25) is 0 Å². The summed E-state index contributed by atoms with van der Waals surface area (Å²) in [6.45, 7) is 10.8. The molecule has 0 spiro atoms. The van der Waals surface area contributed by atoms with E-state index in [1.165, 1.54) is 24.2 Å². The minimum absolute atomic E-state index is 0.478. The molecule has 122 valence electrons. The van der Waals surface area contributed by atoms with Crippen molar-refractivity contribution in [2.24, 2.45) is 11.8 Å². The first kappa shape index (κ1) is 14.7. The number of nitrogens with zero attached hydrogens (tertiary/aromatic N) is 3. The lowest BCUT2D eigenvalue weighted by Crippen LogP contribution is -2.43. The second kappa shape index (κ2) is 5.64. The molecule has 2 unspecified atom stereocenters. The number of fused-ring (bicyclic) bond motifs is 1. The average Bonchev–Trinajstić information content (AvgIpc) is 2.94. The zero-order valence-electron chi connectivity index (χ0n) is 14.2. The molecule has 2 aliphatic carbocycles. The summed E-state index contributed by atoms with van der Waals surface area (Å²) in [4.78, 5) is 2.67. The lowest BCUT2D eigenvalue weighted by Gasteiger charge is -2.33. The molecular formula is C18H29N3O. The molecule has 4 rings (SSSR count). The van der Waals surface area contributed by atoms with Crippen LogP contribution in [0, 0.1) is 11.8 Å². The van der Waals surface area contributed by atoms with Gasteiger partial charge in [-0.05, 0) is 51.0 Å². The number of aryl methyl sites for hydroxylation is 1. The molecule has 1 aromatic rings. The van der Waals surface area contributed by atoms with Crippen LogP contribution in [0.4, 0.5) is 0 Å². The number of aromatic nitrogens is 2. The fourth-order valence-electron chi connectivity index (χ4n) is 4.79. The summed E-state index contributed by atoms with van der Waals surface area (Å²) in [5, 5.41) is 4.82. The highest BCUT2D eigenvalue weighted by atomic mass is 16.5. The van der Waals surface area contributed by atoms with Crippen LogP contribution >= 0.6 is 0 Å². The van der Waals surface area contributed by atoms with Gasteiger partial charge in [-0.25, -0.2) is 0 Å². The van der Waals surface area contributed by atoms with E-state index in [2.05, 4.69) is 36.4 Å². The molecule has 2 saturated carbocycles. The summed E-state index contributed by atoms with van der Waals surface area (Å²) in [5.74, 6) is 2.60. The van der Waals surface area contributed by atoms with Crippen molar-refractivity contribution < 1.29 is 4.74 Å². The third kappa shape index (κ3) is 2.41. The van der Waals surface area contributed by atoms with E-state index < -0.39 is 0 Å². The number of rotatable bonds is 4. The molecule has 0 amide bonds. The Kier molecular flexibility index (Phi) is 3.77. The molecule has 2 atom stereocenters. The van der Waals surface area contributed by atoms with Gasteiger partial charge in [0.05, 0.1) is 18.9 Å². The smallest absolute Gasteiger partial charge is 0.0625 e. The van der Waals surface area contributed by atoms with Gasteiger partial charge in [0, 0.05) is 36.8 Å². The SMILES string of the molecule is CCc1cc(C2C3CC(N4CCOCC4)CC32)n(C(C)C)n1. The maximum Gasteiger partial charge on any atom is 0.0625 e. The van der Waals surface area contributed by atoms with E-state index in [1.54, 1.807) is 0 Å². The van der Waals surface area contributed by atoms with Gasteiger partial charge in [0.2, 0.25) is 0 Å². The van der Waals surface area contributed by atoms with Crippen LogP contribution in [-0.2, 0) is 11.2 Å². The van der Waals surface area contributed by atoms with Crippen LogP contribution in [0.3, 0.4) is 0 Å². The quantitative estimate of drug-likeness (QED) is 0.857. The zero-order valence-corrected chi connectivity index (χ0v) is 14.2. The Labute approximate surface area is 133 Å². The van der Waals surface area contributed by atoms with Crippen molar-refractivity contribution in [2.75, 3.05) is 26.3 Å². The first-order valence-electron chi connectivity index (χ1n) is 9.09. The number of hydrogen-bond acceptors (Lipinski definition) is 3. The summed E-state index contributed by atoms with van der Waals surface area (Å²) in [6, 6.07) is 3.68. The zero-order chi connectivity index (χ0) is 15.3. The Balaban J connectivity index is 1.44. The molecule has 2 heterocycles. The molecule has 1 aliphatic heterocycles. The maximum absolute atomic E-state index is 5.49. The van der Waals surface area contributed by atoms with Crippen LogP contribution in [0.15, 0.2) is 6.07 Å². The molecule has 0 aromatic carbocycles.